The fraction of sp³-hybridized carbons (Fsp3) is 0.271. The van der Waals surface area contributed by atoms with E-state index in [4.69, 9.17) is 40.3 Å². The van der Waals surface area contributed by atoms with Gasteiger partial charge in [0, 0.05) is 62.7 Å². The van der Waals surface area contributed by atoms with Gasteiger partial charge in [0.05, 0.1) is 39.2 Å². The number of carboxylic acids is 1. The van der Waals surface area contributed by atoms with Crippen molar-refractivity contribution in [2.45, 2.75) is 32.2 Å². The van der Waals surface area contributed by atoms with Crippen molar-refractivity contribution in [3.63, 3.8) is 0 Å². The van der Waals surface area contributed by atoms with E-state index in [0.29, 0.717) is 78.6 Å². The monoisotopic (exact) mass is 936 g/mol. The fourth-order valence-electron chi connectivity index (χ4n) is 7.60. The number of hydrogen-bond acceptors (Lipinski definition) is 13. The Morgan fingerprint density at radius 1 is 0.923 bits per heavy atom. The number of likely N-dealkylation sites (N-methyl/N-ethyl adjacent to an activating group) is 1. The van der Waals surface area contributed by atoms with Gasteiger partial charge < -0.3 is 33.7 Å². The van der Waals surface area contributed by atoms with E-state index in [1.807, 2.05) is 52.6 Å². The first-order valence-corrected chi connectivity index (χ1v) is 22.7. The van der Waals surface area contributed by atoms with Gasteiger partial charge in [-0.15, -0.1) is 0 Å². The number of methoxy groups -OCH3 is 1. The van der Waals surface area contributed by atoms with Gasteiger partial charge in [-0.1, -0.05) is 69.4 Å². The molecular formula is C48H47ClFN6O7PS. The van der Waals surface area contributed by atoms with E-state index in [9.17, 15) is 14.3 Å². The van der Waals surface area contributed by atoms with Gasteiger partial charge in [-0.3, -0.25) is 9.88 Å². The number of para-hydroxylation sites is 2. The first-order valence-electron chi connectivity index (χ1n) is 20.9. The third-order valence-corrected chi connectivity index (χ3v) is 12.4. The summed E-state index contributed by atoms with van der Waals surface area (Å²) in [5, 5.41) is 11.7. The van der Waals surface area contributed by atoms with Gasteiger partial charge in [0.25, 0.3) is 0 Å². The second-order valence-corrected chi connectivity index (χ2v) is 17.1. The van der Waals surface area contributed by atoms with E-state index in [0.717, 1.165) is 60.9 Å². The molecule has 0 aliphatic carbocycles. The smallest absolute Gasteiger partial charge is 0.345 e. The van der Waals surface area contributed by atoms with Crippen LogP contribution in [0.3, 0.4) is 0 Å². The molecule has 336 valence electrons. The van der Waals surface area contributed by atoms with Gasteiger partial charge in [0.2, 0.25) is 18.1 Å². The average molecular weight is 937 g/mol. The number of fused-ring (bicyclic) bond motifs is 1. The van der Waals surface area contributed by atoms with Crippen LogP contribution in [0.1, 0.15) is 16.8 Å². The number of nitrogens with zero attached hydrogens (tertiary/aromatic N) is 6. The minimum Gasteiger partial charge on any atom is -0.497 e. The summed E-state index contributed by atoms with van der Waals surface area (Å²) in [5.74, 6) is 1.23. The minimum absolute atomic E-state index is 0.0334. The molecule has 0 bridgehead atoms. The van der Waals surface area contributed by atoms with E-state index >= 15 is 0 Å². The maximum absolute atomic E-state index is 13.8. The van der Waals surface area contributed by atoms with Crippen molar-refractivity contribution in [1.29, 1.82) is 0 Å². The van der Waals surface area contributed by atoms with Crippen molar-refractivity contribution in [1.82, 2.24) is 29.1 Å². The van der Waals surface area contributed by atoms with Crippen LogP contribution >= 0.6 is 32.4 Å². The van der Waals surface area contributed by atoms with Crippen LogP contribution in [0.5, 0.6) is 28.9 Å². The molecule has 1 aliphatic heterocycles. The van der Waals surface area contributed by atoms with E-state index < -0.39 is 18.2 Å². The van der Waals surface area contributed by atoms with Crippen LogP contribution in [0.2, 0.25) is 5.02 Å². The Kier molecular flexibility index (Phi) is 14.7. The van der Waals surface area contributed by atoms with Crippen LogP contribution in [-0.2, 0) is 17.8 Å². The zero-order valence-corrected chi connectivity index (χ0v) is 38.7. The van der Waals surface area contributed by atoms with Gasteiger partial charge in [0.1, 0.15) is 36.2 Å². The number of ether oxygens (including phenoxy) is 5. The van der Waals surface area contributed by atoms with Crippen LogP contribution in [0.25, 0.3) is 43.9 Å². The van der Waals surface area contributed by atoms with Crippen LogP contribution < -0.4 is 23.7 Å². The Morgan fingerprint density at radius 3 is 2.49 bits per heavy atom. The van der Waals surface area contributed by atoms with Crippen molar-refractivity contribution in [2.75, 3.05) is 53.5 Å². The van der Waals surface area contributed by atoms with Crippen LogP contribution in [-0.4, -0.2) is 106 Å². The molecule has 4 heterocycles. The molecule has 1 fully saturated rings. The predicted molar refractivity (Wildman–Crippen MR) is 253 cm³/mol. The molecule has 65 heavy (non-hydrogen) atoms. The van der Waals surface area contributed by atoms with Crippen molar-refractivity contribution >= 4 is 48.4 Å². The second kappa shape index (κ2) is 20.9. The highest BCUT2D eigenvalue weighted by atomic mass is 35.5. The highest BCUT2D eigenvalue weighted by molar-refractivity contribution is 7.16. The quantitative estimate of drug-likeness (QED) is 0.0819. The summed E-state index contributed by atoms with van der Waals surface area (Å²) >= 11 is 8.27. The molecule has 0 radical (unpaired) electrons. The first kappa shape index (κ1) is 45.6. The second-order valence-electron chi connectivity index (χ2n) is 15.4. The number of hydrogen-bond donors (Lipinski definition) is 1. The first-order chi connectivity index (χ1) is 31.6. The number of carboxylic acid groups (broad SMARTS) is 1. The van der Waals surface area contributed by atoms with Crippen LogP contribution in [0.15, 0.2) is 103 Å². The molecule has 3 atom stereocenters. The number of carbonyl (C=O) groups is 1. The molecule has 1 N–H and O–H groups in total. The van der Waals surface area contributed by atoms with Gasteiger partial charge in [-0.05, 0) is 84.7 Å². The predicted octanol–water partition coefficient (Wildman–Crippen LogP) is 9.24. The number of aliphatic carboxylic acids is 1. The Bertz CT molecular complexity index is 2790. The molecular weight excluding hydrogens is 890 g/mol. The van der Waals surface area contributed by atoms with Gasteiger partial charge >= 0.3 is 5.97 Å². The van der Waals surface area contributed by atoms with Gasteiger partial charge in [0.15, 0.2) is 5.82 Å². The Labute approximate surface area is 387 Å². The van der Waals surface area contributed by atoms with E-state index in [2.05, 4.69) is 31.2 Å². The van der Waals surface area contributed by atoms with Gasteiger partial charge in [-0.2, -0.15) is 8.76 Å². The molecule has 1 aliphatic rings. The van der Waals surface area contributed by atoms with Crippen molar-refractivity contribution in [2.24, 2.45) is 0 Å². The summed E-state index contributed by atoms with van der Waals surface area (Å²) < 4.78 is 49.0. The van der Waals surface area contributed by atoms with E-state index in [1.54, 1.807) is 74.1 Å². The fourth-order valence-corrected chi connectivity index (χ4v) is 8.66. The largest absolute Gasteiger partial charge is 0.497 e. The molecule has 17 heteroatoms. The average Bonchev–Trinajstić information content (AvgIpc) is 3.73. The van der Waals surface area contributed by atoms with Crippen molar-refractivity contribution < 1.29 is 38.0 Å². The normalized spacial score (nSPS) is 14.2. The lowest BCUT2D eigenvalue weighted by Gasteiger charge is -2.32. The van der Waals surface area contributed by atoms with Crippen molar-refractivity contribution in [3.05, 3.63) is 125 Å². The van der Waals surface area contributed by atoms with E-state index in [1.165, 1.54) is 0 Å². The number of rotatable bonds is 18. The molecule has 13 nitrogen and oxygen atoms in total. The highest BCUT2D eigenvalue weighted by Gasteiger charge is 2.28. The lowest BCUT2D eigenvalue weighted by molar-refractivity contribution is -0.145. The number of benzene rings is 4. The zero-order chi connectivity index (χ0) is 45.5. The minimum atomic E-state index is -1.61. The standard InChI is InChI=1S/C48H47ClFN6O7PS/c1-29-34(15-16-38(43(29)49)60-24-23-56-21-19-55(2)20-22-56)41-42-40(27-52-44(41)31-10-8-11-33(25-31)59-3)65-54-46(42)62-39(47(57)58)26-30-9-4-6-13-36(30)61-28-32-17-18-51-45(53-32)35-12-5-7-14-37(35)63-48(50)64/h4-18,25,27,39,48H,19-24,26,28,64H2,1-3H3,(H,57,58). The lowest BCUT2D eigenvalue weighted by Crippen LogP contribution is -2.45. The number of alkyl halides is 1. The lowest BCUT2D eigenvalue weighted by atomic mass is 9.93. The van der Waals surface area contributed by atoms with Crippen molar-refractivity contribution in [3.8, 4) is 62.7 Å². The van der Waals surface area contributed by atoms with Gasteiger partial charge in [-0.25, -0.2) is 14.8 Å². The molecule has 1 saturated heterocycles. The molecule has 0 spiro atoms. The molecule has 0 amide bonds. The summed E-state index contributed by atoms with van der Waals surface area (Å²) in [6.07, 6.45) is 0.268. The molecule has 8 rings (SSSR count). The van der Waals surface area contributed by atoms with Crippen LogP contribution in [0, 0.1) is 6.92 Å². The molecule has 3 aromatic heterocycles. The number of aromatic nitrogens is 4. The maximum Gasteiger partial charge on any atom is 0.345 e. The Balaban J connectivity index is 1.08. The summed E-state index contributed by atoms with van der Waals surface area (Å²) in [5.41, 5.74) is 5.20. The molecule has 0 saturated carbocycles. The third-order valence-electron chi connectivity index (χ3n) is 11.1. The SMILES string of the molecule is COc1cccc(-c2ncc3snc(OC(Cc4ccccc4OCc4ccnc(-c5ccccc5OC(F)P)n4)C(=O)O)c3c2-c2ccc(OCCN3CCN(C)CC3)c(Cl)c2C)c1. The number of pyridine rings is 1. The maximum atomic E-state index is 13.8. The summed E-state index contributed by atoms with van der Waals surface area (Å²) in [4.78, 5) is 31.7. The summed E-state index contributed by atoms with van der Waals surface area (Å²) in [6, 6.07) is 27.2. The summed E-state index contributed by atoms with van der Waals surface area (Å²) in [6.45, 7) is 7.24. The third kappa shape index (κ3) is 10.8. The molecule has 3 unspecified atom stereocenters. The van der Waals surface area contributed by atoms with Crippen LogP contribution in [0.4, 0.5) is 4.39 Å². The number of piperazine rings is 1. The Hall–Kier alpha value is -5.96. The summed E-state index contributed by atoms with van der Waals surface area (Å²) in [7, 11) is 5.70. The van der Waals surface area contributed by atoms with E-state index in [-0.39, 0.29) is 18.9 Å². The number of halogens is 2. The highest BCUT2D eigenvalue weighted by Crippen LogP contribution is 2.46. The zero-order valence-electron chi connectivity index (χ0n) is 35.9. The molecule has 4 aromatic carbocycles. The molecule has 7 aromatic rings. The topological polar surface area (TPSA) is 141 Å². The Morgan fingerprint density at radius 2 is 1.71 bits per heavy atom.